The van der Waals surface area contributed by atoms with Gasteiger partial charge >= 0.3 is 0 Å². The fraction of sp³-hybridized carbons (Fsp3) is 0.222. The first-order valence-corrected chi connectivity index (χ1v) is 6.92. The highest BCUT2D eigenvalue weighted by molar-refractivity contribution is 7.91. The molecule has 2 aromatic rings. The Hall–Kier alpha value is -1.18. The first-order valence-electron chi connectivity index (χ1n) is 4.62. The van der Waals surface area contributed by atoms with Gasteiger partial charge in [0.05, 0.1) is 11.2 Å². The number of hydrogen-bond acceptors (Lipinski definition) is 4. The minimum absolute atomic E-state index is 0.250. The molecular formula is C9H11N3O2S2. The summed E-state index contributed by atoms with van der Waals surface area (Å²) in [6, 6.07) is 1.82. The molecule has 2 heterocycles. The molecule has 7 heteroatoms. The highest BCUT2D eigenvalue weighted by atomic mass is 32.2. The molecule has 0 aliphatic carbocycles. The SMILES string of the molecule is Cc1ncc(S(=O)(=O)NCc2cc[nH]c2)s1. The Labute approximate surface area is 97.6 Å². The lowest BCUT2D eigenvalue weighted by Crippen LogP contribution is -2.22. The third-order valence-corrected chi connectivity index (χ3v) is 4.77. The third-order valence-electron chi connectivity index (χ3n) is 1.99. The van der Waals surface area contributed by atoms with Crippen molar-refractivity contribution in [2.24, 2.45) is 0 Å². The van der Waals surface area contributed by atoms with Crippen LogP contribution in [0.4, 0.5) is 0 Å². The van der Waals surface area contributed by atoms with Crippen molar-refractivity contribution >= 4 is 21.4 Å². The molecule has 0 saturated carbocycles. The smallest absolute Gasteiger partial charge is 0.251 e. The van der Waals surface area contributed by atoms with Gasteiger partial charge in [0.15, 0.2) is 4.21 Å². The van der Waals surface area contributed by atoms with E-state index >= 15 is 0 Å². The van der Waals surface area contributed by atoms with Crippen molar-refractivity contribution in [3.8, 4) is 0 Å². The van der Waals surface area contributed by atoms with Crippen LogP contribution >= 0.6 is 11.3 Å². The van der Waals surface area contributed by atoms with Gasteiger partial charge in [-0.1, -0.05) is 0 Å². The van der Waals surface area contributed by atoms with Gasteiger partial charge in [0.1, 0.15) is 0 Å². The van der Waals surface area contributed by atoms with Crippen molar-refractivity contribution in [2.75, 3.05) is 0 Å². The molecule has 5 nitrogen and oxygen atoms in total. The van der Waals surface area contributed by atoms with Gasteiger partial charge in [-0.05, 0) is 18.6 Å². The quantitative estimate of drug-likeness (QED) is 0.865. The zero-order valence-electron chi connectivity index (χ0n) is 8.60. The molecule has 0 fully saturated rings. The number of aromatic amines is 1. The predicted octanol–water partition coefficient (Wildman–Crippen LogP) is 1.26. The van der Waals surface area contributed by atoms with Crippen molar-refractivity contribution in [3.05, 3.63) is 35.2 Å². The Bertz CT molecular complexity index is 557. The van der Waals surface area contributed by atoms with E-state index < -0.39 is 10.0 Å². The van der Waals surface area contributed by atoms with Crippen LogP contribution in [-0.2, 0) is 16.6 Å². The first-order chi connectivity index (χ1) is 7.58. The average molecular weight is 257 g/mol. The highest BCUT2D eigenvalue weighted by Gasteiger charge is 2.16. The van der Waals surface area contributed by atoms with E-state index in [0.29, 0.717) is 0 Å². The van der Waals surface area contributed by atoms with Crippen LogP contribution in [0.5, 0.6) is 0 Å². The number of aryl methyl sites for hydroxylation is 1. The molecule has 0 aromatic carbocycles. The number of nitrogens with one attached hydrogen (secondary N) is 2. The van der Waals surface area contributed by atoms with E-state index in [2.05, 4.69) is 14.7 Å². The molecule has 2 N–H and O–H groups in total. The van der Waals surface area contributed by atoms with Gasteiger partial charge in [-0.2, -0.15) is 0 Å². The number of thiazole rings is 1. The summed E-state index contributed by atoms with van der Waals surface area (Å²) in [5.41, 5.74) is 0.893. The number of hydrogen-bond donors (Lipinski definition) is 2. The summed E-state index contributed by atoms with van der Waals surface area (Å²) in [6.45, 7) is 2.05. The zero-order valence-corrected chi connectivity index (χ0v) is 10.2. The van der Waals surface area contributed by atoms with E-state index in [1.165, 1.54) is 6.20 Å². The predicted molar refractivity (Wildman–Crippen MR) is 61.7 cm³/mol. The second-order valence-corrected chi connectivity index (χ2v) is 6.47. The maximum Gasteiger partial charge on any atom is 0.251 e. The van der Waals surface area contributed by atoms with Gasteiger partial charge in [-0.25, -0.2) is 18.1 Å². The molecule has 0 radical (unpaired) electrons. The third kappa shape index (κ3) is 2.49. The molecule has 86 valence electrons. The standard InChI is InChI=1S/C9H11N3O2S2/c1-7-11-6-9(15-7)16(13,14)12-5-8-2-3-10-4-8/h2-4,6,10,12H,5H2,1H3. The van der Waals surface area contributed by atoms with E-state index in [0.717, 1.165) is 21.9 Å². The summed E-state index contributed by atoms with van der Waals surface area (Å²) < 4.78 is 26.3. The van der Waals surface area contributed by atoms with Gasteiger partial charge in [-0.15, -0.1) is 11.3 Å². The average Bonchev–Trinajstić information content (AvgIpc) is 2.85. The van der Waals surface area contributed by atoms with Gasteiger partial charge in [-0.3, -0.25) is 0 Å². The number of rotatable bonds is 4. The number of H-pyrrole nitrogens is 1. The summed E-state index contributed by atoms with van der Waals surface area (Å²) in [4.78, 5) is 6.79. The molecule has 2 aromatic heterocycles. The minimum atomic E-state index is -3.42. The van der Waals surface area contributed by atoms with Crippen LogP contribution in [0.2, 0.25) is 0 Å². The van der Waals surface area contributed by atoms with Crippen molar-refractivity contribution in [1.29, 1.82) is 0 Å². The van der Waals surface area contributed by atoms with Gasteiger partial charge in [0, 0.05) is 18.9 Å². The number of aromatic nitrogens is 2. The van der Waals surface area contributed by atoms with Crippen LogP contribution in [0, 0.1) is 6.92 Å². The molecule has 0 unspecified atom stereocenters. The van der Waals surface area contributed by atoms with Crippen LogP contribution in [0.25, 0.3) is 0 Å². The Morgan fingerprint density at radius 2 is 2.38 bits per heavy atom. The zero-order chi connectivity index (χ0) is 11.6. The number of sulfonamides is 1. The van der Waals surface area contributed by atoms with E-state index in [9.17, 15) is 8.42 Å². The Kier molecular flexibility index (Phi) is 3.08. The van der Waals surface area contributed by atoms with Crippen LogP contribution in [0.1, 0.15) is 10.6 Å². The molecule has 0 spiro atoms. The molecular weight excluding hydrogens is 246 g/mol. The Morgan fingerprint density at radius 3 is 2.94 bits per heavy atom. The highest BCUT2D eigenvalue weighted by Crippen LogP contribution is 2.17. The van der Waals surface area contributed by atoms with Crippen molar-refractivity contribution < 1.29 is 8.42 Å². The lowest BCUT2D eigenvalue weighted by atomic mass is 10.4. The topological polar surface area (TPSA) is 74.8 Å². The molecule has 0 saturated heterocycles. The van der Waals surface area contributed by atoms with Gasteiger partial charge in [0.25, 0.3) is 10.0 Å². The maximum atomic E-state index is 11.8. The summed E-state index contributed by atoms with van der Waals surface area (Å²) in [5, 5.41) is 0.738. The maximum absolute atomic E-state index is 11.8. The largest absolute Gasteiger partial charge is 0.367 e. The molecule has 0 amide bonds. The van der Waals surface area contributed by atoms with Crippen molar-refractivity contribution in [2.45, 2.75) is 17.7 Å². The monoisotopic (exact) mass is 257 g/mol. The molecule has 16 heavy (non-hydrogen) atoms. The van der Waals surface area contributed by atoms with Crippen LogP contribution < -0.4 is 4.72 Å². The second-order valence-electron chi connectivity index (χ2n) is 3.24. The van der Waals surface area contributed by atoms with Crippen molar-refractivity contribution in [3.63, 3.8) is 0 Å². The fourth-order valence-electron chi connectivity index (χ4n) is 1.18. The lowest BCUT2D eigenvalue weighted by molar-refractivity contribution is 0.583. The lowest BCUT2D eigenvalue weighted by Gasteiger charge is -2.01. The summed E-state index contributed by atoms with van der Waals surface area (Å²) in [7, 11) is -3.42. The van der Waals surface area contributed by atoms with Gasteiger partial charge < -0.3 is 4.98 Å². The van der Waals surface area contributed by atoms with E-state index in [4.69, 9.17) is 0 Å². The van der Waals surface area contributed by atoms with E-state index in [-0.39, 0.29) is 10.8 Å². The summed E-state index contributed by atoms with van der Waals surface area (Å²) >= 11 is 1.16. The molecule has 0 aliphatic rings. The summed E-state index contributed by atoms with van der Waals surface area (Å²) in [6.07, 6.45) is 4.88. The second kappa shape index (κ2) is 4.36. The minimum Gasteiger partial charge on any atom is -0.367 e. The first kappa shape index (κ1) is 11.3. The molecule has 0 atom stereocenters. The van der Waals surface area contributed by atoms with Crippen LogP contribution in [0.15, 0.2) is 28.9 Å². The summed E-state index contributed by atoms with van der Waals surface area (Å²) in [5.74, 6) is 0. The van der Waals surface area contributed by atoms with Crippen LogP contribution in [-0.4, -0.2) is 18.4 Å². The normalized spacial score (nSPS) is 11.8. The van der Waals surface area contributed by atoms with Crippen LogP contribution in [0.3, 0.4) is 0 Å². The van der Waals surface area contributed by atoms with E-state index in [1.54, 1.807) is 19.3 Å². The molecule has 2 rings (SSSR count). The van der Waals surface area contributed by atoms with Crippen molar-refractivity contribution in [1.82, 2.24) is 14.7 Å². The Morgan fingerprint density at radius 1 is 1.56 bits per heavy atom. The Balaban J connectivity index is 2.09. The fourth-order valence-corrected chi connectivity index (χ4v) is 3.35. The molecule has 0 aliphatic heterocycles. The number of nitrogens with zero attached hydrogens (tertiary/aromatic N) is 1. The van der Waals surface area contributed by atoms with E-state index in [1.807, 2.05) is 6.07 Å². The van der Waals surface area contributed by atoms with Gasteiger partial charge in [0.2, 0.25) is 0 Å². The molecule has 0 bridgehead atoms.